The number of aromatic nitrogens is 1. The molecule has 1 atom stereocenters. The first-order chi connectivity index (χ1) is 14.0. The Bertz CT molecular complexity index is 1030. The van der Waals surface area contributed by atoms with E-state index in [-0.39, 0.29) is 23.8 Å². The first-order valence-electron chi connectivity index (χ1n) is 9.71. The molecule has 1 fully saturated rings. The number of rotatable bonds is 4. The van der Waals surface area contributed by atoms with E-state index in [0.29, 0.717) is 35.5 Å². The number of piperidine rings is 1. The SMILES string of the molecule is CC1(CO)CCCN(C(=O)c2ccccc2-c2ncc(-c3ccccc3F)o2)C1. The van der Waals surface area contributed by atoms with E-state index in [1.54, 1.807) is 41.3 Å². The highest BCUT2D eigenvalue weighted by Crippen LogP contribution is 2.33. The van der Waals surface area contributed by atoms with Crippen molar-refractivity contribution >= 4 is 5.91 Å². The van der Waals surface area contributed by atoms with Crippen molar-refractivity contribution in [2.75, 3.05) is 19.7 Å². The van der Waals surface area contributed by atoms with Crippen LogP contribution in [0.4, 0.5) is 4.39 Å². The van der Waals surface area contributed by atoms with E-state index in [1.165, 1.54) is 12.3 Å². The molecule has 1 aliphatic rings. The minimum absolute atomic E-state index is 0.0458. The number of aliphatic hydroxyl groups excluding tert-OH is 1. The van der Waals surface area contributed by atoms with Gasteiger partial charge in [-0.15, -0.1) is 0 Å². The lowest BCUT2D eigenvalue weighted by atomic mass is 9.82. The number of benzene rings is 2. The summed E-state index contributed by atoms with van der Waals surface area (Å²) in [6.45, 7) is 3.19. The van der Waals surface area contributed by atoms with Gasteiger partial charge in [0.25, 0.3) is 5.91 Å². The van der Waals surface area contributed by atoms with E-state index in [1.807, 2.05) is 13.0 Å². The molecule has 0 saturated carbocycles. The number of oxazole rings is 1. The van der Waals surface area contributed by atoms with Crippen LogP contribution in [-0.2, 0) is 0 Å². The van der Waals surface area contributed by atoms with Crippen LogP contribution in [-0.4, -0.2) is 40.6 Å². The molecule has 1 saturated heterocycles. The third-order valence-corrected chi connectivity index (χ3v) is 5.48. The highest BCUT2D eigenvalue weighted by Gasteiger charge is 2.33. The van der Waals surface area contributed by atoms with E-state index >= 15 is 0 Å². The van der Waals surface area contributed by atoms with Gasteiger partial charge in [0, 0.05) is 24.1 Å². The summed E-state index contributed by atoms with van der Waals surface area (Å²) in [5, 5.41) is 9.69. The number of hydrogen-bond acceptors (Lipinski definition) is 4. The maximum Gasteiger partial charge on any atom is 0.254 e. The molecule has 4 rings (SSSR count). The molecule has 1 aliphatic heterocycles. The van der Waals surface area contributed by atoms with Gasteiger partial charge < -0.3 is 14.4 Å². The summed E-state index contributed by atoms with van der Waals surface area (Å²) in [7, 11) is 0. The van der Waals surface area contributed by atoms with Crippen molar-refractivity contribution in [1.29, 1.82) is 0 Å². The van der Waals surface area contributed by atoms with E-state index in [0.717, 1.165) is 12.8 Å². The first kappa shape index (κ1) is 19.3. The average molecular weight is 394 g/mol. The molecular weight excluding hydrogens is 371 g/mol. The van der Waals surface area contributed by atoms with Gasteiger partial charge >= 0.3 is 0 Å². The van der Waals surface area contributed by atoms with E-state index in [4.69, 9.17) is 4.42 Å². The fourth-order valence-electron chi connectivity index (χ4n) is 3.83. The molecule has 1 N–H and O–H groups in total. The second-order valence-electron chi connectivity index (χ2n) is 7.85. The van der Waals surface area contributed by atoms with Gasteiger partial charge in [0.15, 0.2) is 5.76 Å². The molecule has 1 amide bonds. The van der Waals surface area contributed by atoms with Crippen LogP contribution < -0.4 is 0 Å². The van der Waals surface area contributed by atoms with Crippen LogP contribution in [0.15, 0.2) is 59.1 Å². The Morgan fingerprint density at radius 1 is 1.21 bits per heavy atom. The molecule has 3 aromatic rings. The zero-order valence-corrected chi connectivity index (χ0v) is 16.3. The molecule has 2 heterocycles. The zero-order valence-electron chi connectivity index (χ0n) is 16.3. The van der Waals surface area contributed by atoms with Crippen LogP contribution in [0.3, 0.4) is 0 Å². The summed E-state index contributed by atoms with van der Waals surface area (Å²) < 4.78 is 19.9. The molecule has 1 unspecified atom stereocenters. The Morgan fingerprint density at radius 2 is 1.93 bits per heavy atom. The van der Waals surface area contributed by atoms with Crippen molar-refractivity contribution in [1.82, 2.24) is 9.88 Å². The normalized spacial score (nSPS) is 19.3. The Balaban J connectivity index is 1.66. The second-order valence-corrected chi connectivity index (χ2v) is 7.85. The molecule has 0 aliphatic carbocycles. The van der Waals surface area contributed by atoms with Gasteiger partial charge in [0.2, 0.25) is 5.89 Å². The minimum Gasteiger partial charge on any atom is -0.436 e. The quantitative estimate of drug-likeness (QED) is 0.713. The minimum atomic E-state index is -0.392. The Hall–Kier alpha value is -2.99. The Labute approximate surface area is 168 Å². The van der Waals surface area contributed by atoms with E-state index in [2.05, 4.69) is 4.98 Å². The van der Waals surface area contributed by atoms with Crippen molar-refractivity contribution in [3.05, 3.63) is 66.1 Å². The Kier molecular flexibility index (Phi) is 5.20. The molecule has 1 aromatic heterocycles. The van der Waals surface area contributed by atoms with Crippen molar-refractivity contribution in [2.24, 2.45) is 5.41 Å². The molecule has 0 radical (unpaired) electrons. The number of nitrogens with zero attached hydrogens (tertiary/aromatic N) is 2. The summed E-state index contributed by atoms with van der Waals surface area (Å²) in [6, 6.07) is 13.5. The monoisotopic (exact) mass is 394 g/mol. The lowest BCUT2D eigenvalue weighted by Crippen LogP contribution is -2.46. The lowest BCUT2D eigenvalue weighted by molar-refractivity contribution is 0.0358. The molecule has 5 nitrogen and oxygen atoms in total. The van der Waals surface area contributed by atoms with Gasteiger partial charge in [-0.05, 0) is 37.1 Å². The smallest absolute Gasteiger partial charge is 0.254 e. The van der Waals surface area contributed by atoms with Crippen LogP contribution >= 0.6 is 0 Å². The lowest BCUT2D eigenvalue weighted by Gasteiger charge is -2.39. The van der Waals surface area contributed by atoms with Gasteiger partial charge in [-0.25, -0.2) is 9.37 Å². The Morgan fingerprint density at radius 3 is 2.69 bits per heavy atom. The molecule has 150 valence electrons. The van der Waals surface area contributed by atoms with Crippen molar-refractivity contribution in [2.45, 2.75) is 19.8 Å². The van der Waals surface area contributed by atoms with Crippen molar-refractivity contribution in [3.63, 3.8) is 0 Å². The number of halogens is 1. The predicted molar refractivity (Wildman–Crippen MR) is 108 cm³/mol. The number of carbonyl (C=O) groups is 1. The van der Waals surface area contributed by atoms with Gasteiger partial charge in [-0.2, -0.15) is 0 Å². The average Bonchev–Trinajstić information content (AvgIpc) is 3.23. The fourth-order valence-corrected chi connectivity index (χ4v) is 3.83. The van der Waals surface area contributed by atoms with Gasteiger partial charge in [-0.1, -0.05) is 31.2 Å². The molecule has 6 heteroatoms. The molecule has 0 spiro atoms. The van der Waals surface area contributed by atoms with E-state index in [9.17, 15) is 14.3 Å². The first-order valence-corrected chi connectivity index (χ1v) is 9.71. The van der Waals surface area contributed by atoms with Crippen LogP contribution in [0.2, 0.25) is 0 Å². The summed E-state index contributed by atoms with van der Waals surface area (Å²) in [5.41, 5.74) is 1.09. The van der Waals surface area contributed by atoms with Crippen LogP contribution in [0.1, 0.15) is 30.1 Å². The van der Waals surface area contributed by atoms with Crippen LogP contribution in [0.5, 0.6) is 0 Å². The number of likely N-dealkylation sites (tertiary alicyclic amines) is 1. The van der Waals surface area contributed by atoms with Crippen molar-refractivity contribution < 1.29 is 18.7 Å². The molecule has 0 bridgehead atoms. The van der Waals surface area contributed by atoms with Gasteiger partial charge in [0.05, 0.1) is 23.9 Å². The summed E-state index contributed by atoms with van der Waals surface area (Å²) in [4.78, 5) is 19.3. The van der Waals surface area contributed by atoms with Gasteiger partial charge in [-0.3, -0.25) is 4.79 Å². The zero-order chi connectivity index (χ0) is 20.4. The highest BCUT2D eigenvalue weighted by atomic mass is 19.1. The van der Waals surface area contributed by atoms with Crippen LogP contribution in [0.25, 0.3) is 22.8 Å². The number of carbonyl (C=O) groups excluding carboxylic acids is 1. The molecule has 2 aromatic carbocycles. The molecular formula is C23H23FN2O3. The van der Waals surface area contributed by atoms with Crippen LogP contribution in [0, 0.1) is 11.2 Å². The van der Waals surface area contributed by atoms with Crippen molar-refractivity contribution in [3.8, 4) is 22.8 Å². The summed E-state index contributed by atoms with van der Waals surface area (Å²) >= 11 is 0. The molecule has 29 heavy (non-hydrogen) atoms. The van der Waals surface area contributed by atoms with Gasteiger partial charge in [0.1, 0.15) is 5.82 Å². The summed E-state index contributed by atoms with van der Waals surface area (Å²) in [6.07, 6.45) is 3.21. The maximum atomic E-state index is 14.1. The third kappa shape index (κ3) is 3.80. The number of hydrogen-bond donors (Lipinski definition) is 1. The fraction of sp³-hybridized carbons (Fsp3) is 0.304. The highest BCUT2D eigenvalue weighted by molar-refractivity contribution is 6.00. The second kappa shape index (κ2) is 7.79. The number of amides is 1. The maximum absolute atomic E-state index is 14.1. The summed E-state index contributed by atoms with van der Waals surface area (Å²) in [5.74, 6) is 0.0714. The third-order valence-electron chi connectivity index (χ3n) is 5.48. The largest absolute Gasteiger partial charge is 0.436 e. The predicted octanol–water partition coefficient (Wildman–Crippen LogP) is 4.38. The van der Waals surface area contributed by atoms with E-state index < -0.39 is 5.82 Å². The standard InChI is InChI=1S/C23H23FN2O3/c1-23(15-27)11-6-12-26(14-23)22(28)17-8-3-2-7-16(17)21-25-13-20(29-21)18-9-4-5-10-19(18)24/h2-5,7-10,13,27H,6,11-12,14-15H2,1H3. The topological polar surface area (TPSA) is 66.6 Å². The number of aliphatic hydroxyl groups is 1.